The molecular weight excluding hydrogens is 447 g/mol. The Kier molecular flexibility index (Phi) is 7.57. The largest absolute Gasteiger partial charge is 0.416 e. The monoisotopic (exact) mass is 477 g/mol. The highest BCUT2D eigenvalue weighted by Gasteiger charge is 2.36. The van der Waals surface area contributed by atoms with Gasteiger partial charge in [0.25, 0.3) is 5.91 Å². The summed E-state index contributed by atoms with van der Waals surface area (Å²) < 4.78 is 39.1. The normalized spacial score (nSPS) is 24.0. The van der Waals surface area contributed by atoms with Gasteiger partial charge in [0, 0.05) is 37.8 Å². The van der Waals surface area contributed by atoms with Crippen molar-refractivity contribution in [2.75, 3.05) is 26.2 Å². The molecule has 6 nitrogen and oxygen atoms in total. The maximum atomic E-state index is 13.0. The van der Waals surface area contributed by atoms with Crippen molar-refractivity contribution in [1.82, 2.24) is 15.1 Å². The number of piperidine rings is 2. The van der Waals surface area contributed by atoms with E-state index in [1.54, 1.807) is 24.3 Å². The lowest BCUT2D eigenvalue weighted by Crippen LogP contribution is -2.59. The molecule has 9 heteroatoms. The lowest BCUT2D eigenvalue weighted by Gasteiger charge is -2.45. The number of rotatable bonds is 5. The molecule has 3 unspecified atom stereocenters. The van der Waals surface area contributed by atoms with Gasteiger partial charge in [0.2, 0.25) is 0 Å². The molecule has 34 heavy (non-hydrogen) atoms. The van der Waals surface area contributed by atoms with E-state index in [4.69, 9.17) is 0 Å². The zero-order chi connectivity index (χ0) is 24.3. The first-order chi connectivity index (χ1) is 16.2. The molecular formula is C25H30F3N3O3. The Balaban J connectivity index is 1.52. The Morgan fingerprint density at radius 3 is 2.24 bits per heavy atom. The molecule has 0 aromatic heterocycles. The minimum atomic E-state index is -4.40. The van der Waals surface area contributed by atoms with Crippen molar-refractivity contribution in [2.24, 2.45) is 0 Å². The molecule has 2 saturated heterocycles. The average molecular weight is 478 g/mol. The van der Waals surface area contributed by atoms with E-state index in [0.717, 1.165) is 17.7 Å². The van der Waals surface area contributed by atoms with E-state index in [1.165, 1.54) is 12.1 Å². The summed E-state index contributed by atoms with van der Waals surface area (Å²) in [4.78, 5) is 16.5. The van der Waals surface area contributed by atoms with Gasteiger partial charge in [-0.3, -0.25) is 14.6 Å². The first kappa shape index (κ1) is 24.7. The summed E-state index contributed by atoms with van der Waals surface area (Å²) in [5, 5.41) is 23.9. The summed E-state index contributed by atoms with van der Waals surface area (Å²) in [5.41, 5.74) is 0.555. The maximum absolute atomic E-state index is 13.0. The molecule has 1 amide bonds. The topological polar surface area (TPSA) is 76.0 Å². The van der Waals surface area contributed by atoms with Gasteiger partial charge in [-0.1, -0.05) is 30.3 Å². The van der Waals surface area contributed by atoms with Crippen molar-refractivity contribution in [3.8, 4) is 0 Å². The van der Waals surface area contributed by atoms with Crippen LogP contribution in [0.25, 0.3) is 0 Å². The van der Waals surface area contributed by atoms with Gasteiger partial charge < -0.3 is 15.5 Å². The minimum Gasteiger partial charge on any atom is -0.393 e. The number of halogens is 3. The molecule has 0 radical (unpaired) electrons. The van der Waals surface area contributed by atoms with Crippen LogP contribution in [0.5, 0.6) is 0 Å². The number of likely N-dealkylation sites (tertiary alicyclic amines) is 2. The number of nitrogens with zero attached hydrogens (tertiary/aromatic N) is 2. The predicted octanol–water partition coefficient (Wildman–Crippen LogP) is 3.03. The van der Waals surface area contributed by atoms with E-state index in [-0.39, 0.29) is 24.0 Å². The zero-order valence-corrected chi connectivity index (χ0v) is 18.8. The Hall–Kier alpha value is -2.46. The van der Waals surface area contributed by atoms with E-state index in [0.29, 0.717) is 51.0 Å². The summed E-state index contributed by atoms with van der Waals surface area (Å²) >= 11 is 0. The van der Waals surface area contributed by atoms with Crippen molar-refractivity contribution in [1.29, 1.82) is 0 Å². The Labute approximate surface area is 197 Å². The highest BCUT2D eigenvalue weighted by atomic mass is 19.4. The number of nitrogens with one attached hydrogen (secondary N) is 1. The van der Waals surface area contributed by atoms with Crippen LogP contribution >= 0.6 is 0 Å². The standard InChI is InChI=1S/C25H30F3N3O3/c26-25(27,28)20-8-6-17(7-9-20)19-14-21(29-23(33)18-4-2-1-3-5-18)16-31(15-19)24(34)30-12-10-22(32)11-13-30/h1-9,19,21-22,24,32,34H,10-16H2,(H,29,33). The Morgan fingerprint density at radius 2 is 1.62 bits per heavy atom. The SMILES string of the molecule is O=C(NC1CC(c2ccc(C(F)(F)F)cc2)CN(C(O)N2CCC(O)CC2)C1)c1ccccc1. The highest BCUT2D eigenvalue weighted by molar-refractivity contribution is 5.94. The lowest BCUT2D eigenvalue weighted by molar-refractivity contribution is -0.137. The van der Waals surface area contributed by atoms with E-state index >= 15 is 0 Å². The van der Waals surface area contributed by atoms with Gasteiger partial charge >= 0.3 is 6.18 Å². The first-order valence-corrected chi connectivity index (χ1v) is 11.6. The van der Waals surface area contributed by atoms with Gasteiger partial charge in [0.1, 0.15) is 0 Å². The molecule has 3 N–H and O–H groups in total. The molecule has 0 saturated carbocycles. The third-order valence-corrected chi connectivity index (χ3v) is 6.71. The molecule has 2 aromatic rings. The fourth-order valence-corrected chi connectivity index (χ4v) is 4.82. The Bertz CT molecular complexity index is 947. The first-order valence-electron chi connectivity index (χ1n) is 11.6. The fraction of sp³-hybridized carbons (Fsp3) is 0.480. The molecule has 0 bridgehead atoms. The van der Waals surface area contributed by atoms with Crippen molar-refractivity contribution in [2.45, 2.75) is 49.9 Å². The average Bonchev–Trinajstić information content (AvgIpc) is 2.84. The second kappa shape index (κ2) is 10.4. The number of aliphatic hydroxyl groups excluding tert-OH is 2. The van der Waals surface area contributed by atoms with Gasteiger partial charge in [-0.15, -0.1) is 0 Å². The van der Waals surface area contributed by atoms with Gasteiger partial charge in [0.05, 0.1) is 11.7 Å². The van der Waals surface area contributed by atoms with Crippen LogP contribution in [0.15, 0.2) is 54.6 Å². The molecule has 3 atom stereocenters. The number of amides is 1. The van der Waals surface area contributed by atoms with Crippen LogP contribution in [0.2, 0.25) is 0 Å². The molecule has 0 aliphatic carbocycles. The number of benzene rings is 2. The highest BCUT2D eigenvalue weighted by Crippen LogP contribution is 2.33. The van der Waals surface area contributed by atoms with Crippen molar-refractivity contribution < 1.29 is 28.2 Å². The van der Waals surface area contributed by atoms with Crippen molar-refractivity contribution in [3.63, 3.8) is 0 Å². The molecule has 2 heterocycles. The number of hydrogen-bond donors (Lipinski definition) is 3. The Morgan fingerprint density at radius 1 is 0.971 bits per heavy atom. The quantitative estimate of drug-likeness (QED) is 0.617. The minimum absolute atomic E-state index is 0.165. The number of carbonyl (C=O) groups is 1. The number of carbonyl (C=O) groups excluding carboxylic acids is 1. The van der Waals surface area contributed by atoms with Crippen molar-refractivity contribution >= 4 is 5.91 Å². The second-order valence-corrected chi connectivity index (χ2v) is 9.16. The zero-order valence-electron chi connectivity index (χ0n) is 18.8. The molecule has 184 valence electrons. The summed E-state index contributed by atoms with van der Waals surface area (Å²) in [5.74, 6) is -0.392. The van der Waals surface area contributed by atoms with Crippen LogP contribution < -0.4 is 5.32 Å². The number of aliphatic hydroxyl groups is 2. The smallest absolute Gasteiger partial charge is 0.393 e. The second-order valence-electron chi connectivity index (χ2n) is 9.16. The predicted molar refractivity (Wildman–Crippen MR) is 121 cm³/mol. The van der Waals surface area contributed by atoms with Crippen LogP contribution in [0.1, 0.15) is 46.7 Å². The molecule has 2 fully saturated rings. The third kappa shape index (κ3) is 5.96. The molecule has 4 rings (SSSR count). The van der Waals surface area contributed by atoms with Crippen LogP contribution in [-0.4, -0.2) is 70.6 Å². The van der Waals surface area contributed by atoms with E-state index in [1.807, 2.05) is 15.9 Å². The van der Waals surface area contributed by atoms with Gasteiger partial charge in [-0.05, 0) is 55.0 Å². The molecule has 2 aliphatic heterocycles. The number of hydrogen-bond acceptors (Lipinski definition) is 5. The van der Waals surface area contributed by atoms with E-state index in [9.17, 15) is 28.2 Å². The number of alkyl halides is 3. The maximum Gasteiger partial charge on any atom is 0.416 e. The molecule has 0 spiro atoms. The third-order valence-electron chi connectivity index (χ3n) is 6.71. The van der Waals surface area contributed by atoms with Crippen molar-refractivity contribution in [3.05, 3.63) is 71.3 Å². The van der Waals surface area contributed by atoms with Crippen LogP contribution in [0, 0.1) is 0 Å². The molecule has 2 aromatic carbocycles. The van der Waals surface area contributed by atoms with Crippen LogP contribution in [0.4, 0.5) is 13.2 Å². The fourth-order valence-electron chi connectivity index (χ4n) is 4.82. The van der Waals surface area contributed by atoms with Gasteiger partial charge in [-0.2, -0.15) is 13.2 Å². The van der Waals surface area contributed by atoms with E-state index in [2.05, 4.69) is 5.32 Å². The summed E-state index contributed by atoms with van der Waals surface area (Å²) in [6.07, 6.45) is -3.99. The van der Waals surface area contributed by atoms with Gasteiger partial charge in [0.15, 0.2) is 6.35 Å². The van der Waals surface area contributed by atoms with Crippen LogP contribution in [-0.2, 0) is 6.18 Å². The molecule has 2 aliphatic rings. The van der Waals surface area contributed by atoms with E-state index < -0.39 is 18.1 Å². The van der Waals surface area contributed by atoms with Gasteiger partial charge in [-0.25, -0.2) is 0 Å². The van der Waals surface area contributed by atoms with Crippen LogP contribution in [0.3, 0.4) is 0 Å². The summed E-state index contributed by atoms with van der Waals surface area (Å²) in [6, 6.07) is 13.7. The lowest BCUT2D eigenvalue weighted by atomic mass is 9.87. The summed E-state index contributed by atoms with van der Waals surface area (Å²) in [6.45, 7) is 1.95. The summed E-state index contributed by atoms with van der Waals surface area (Å²) in [7, 11) is 0.